The molecule has 1 fully saturated rings. The number of rotatable bonds is 3. The summed E-state index contributed by atoms with van der Waals surface area (Å²) in [5.74, 6) is 0. The Morgan fingerprint density at radius 3 is 3.06 bits per heavy atom. The summed E-state index contributed by atoms with van der Waals surface area (Å²) in [5, 5.41) is 3.75. The van der Waals surface area contributed by atoms with E-state index >= 15 is 0 Å². The number of likely N-dealkylation sites (N-methyl/N-ethyl adjacent to an activating group) is 1. The van der Waals surface area contributed by atoms with Crippen LogP contribution in [0.1, 0.15) is 36.4 Å². The summed E-state index contributed by atoms with van der Waals surface area (Å²) in [4.78, 5) is 2.48. The predicted molar refractivity (Wildman–Crippen MR) is 75.6 cm³/mol. The van der Waals surface area contributed by atoms with Gasteiger partial charge in [-0.3, -0.25) is 0 Å². The molecule has 2 unspecified atom stereocenters. The lowest BCUT2D eigenvalue weighted by atomic mass is 10.1. The van der Waals surface area contributed by atoms with Crippen LogP contribution in [0.4, 0.5) is 5.69 Å². The maximum Gasteiger partial charge on any atom is 0.0326 e. The highest BCUT2D eigenvalue weighted by Gasteiger charge is 2.25. The number of anilines is 1. The molecule has 1 heterocycles. The normalized spacial score (nSPS) is 27.6. The molecule has 0 radical (unpaired) electrons. The number of nitrogens with zero attached hydrogens (tertiary/aromatic N) is 1. The molecule has 18 heavy (non-hydrogen) atoms. The largest absolute Gasteiger partial charge is 0.399 e. The Labute approximate surface area is 109 Å². The molecule has 0 spiro atoms. The molecule has 2 aliphatic rings. The average molecular weight is 245 g/mol. The van der Waals surface area contributed by atoms with E-state index in [1.54, 1.807) is 0 Å². The number of benzene rings is 1. The van der Waals surface area contributed by atoms with Gasteiger partial charge in [-0.1, -0.05) is 6.07 Å². The van der Waals surface area contributed by atoms with E-state index in [9.17, 15) is 0 Å². The zero-order chi connectivity index (χ0) is 12.5. The molecule has 1 aliphatic carbocycles. The fourth-order valence-electron chi connectivity index (χ4n) is 3.36. The van der Waals surface area contributed by atoms with Crippen LogP contribution in [0.25, 0.3) is 0 Å². The van der Waals surface area contributed by atoms with Gasteiger partial charge in [-0.2, -0.15) is 0 Å². The lowest BCUT2D eigenvalue weighted by molar-refractivity contribution is 0.291. The van der Waals surface area contributed by atoms with Crippen LogP contribution in [-0.2, 0) is 6.42 Å². The Hall–Kier alpha value is -1.06. The molecule has 98 valence electrons. The van der Waals surface area contributed by atoms with Gasteiger partial charge in [0, 0.05) is 24.3 Å². The van der Waals surface area contributed by atoms with Crippen LogP contribution in [0.15, 0.2) is 18.2 Å². The minimum Gasteiger partial charge on any atom is -0.399 e. The predicted octanol–water partition coefficient (Wildman–Crippen LogP) is 1.94. The van der Waals surface area contributed by atoms with Gasteiger partial charge >= 0.3 is 0 Å². The second kappa shape index (κ2) is 4.90. The van der Waals surface area contributed by atoms with Crippen LogP contribution in [0.5, 0.6) is 0 Å². The lowest BCUT2D eigenvalue weighted by Crippen LogP contribution is -2.36. The van der Waals surface area contributed by atoms with E-state index in [0.717, 1.165) is 18.3 Å². The van der Waals surface area contributed by atoms with E-state index in [1.165, 1.54) is 43.4 Å². The van der Waals surface area contributed by atoms with Crippen LogP contribution in [-0.4, -0.2) is 31.1 Å². The molecule has 0 amide bonds. The van der Waals surface area contributed by atoms with Crippen molar-refractivity contribution in [2.45, 2.75) is 37.8 Å². The summed E-state index contributed by atoms with van der Waals surface area (Å²) in [5.41, 5.74) is 9.63. The summed E-state index contributed by atoms with van der Waals surface area (Å²) in [6.07, 6.45) is 5.07. The fourth-order valence-corrected chi connectivity index (χ4v) is 3.36. The molecule has 0 aromatic heterocycles. The van der Waals surface area contributed by atoms with Gasteiger partial charge in [-0.15, -0.1) is 0 Å². The molecule has 1 aliphatic heterocycles. The Kier molecular flexibility index (Phi) is 3.27. The van der Waals surface area contributed by atoms with Gasteiger partial charge in [-0.25, -0.2) is 0 Å². The molecule has 1 aromatic carbocycles. The van der Waals surface area contributed by atoms with Gasteiger partial charge in [0.2, 0.25) is 0 Å². The van der Waals surface area contributed by atoms with Crippen molar-refractivity contribution in [3.63, 3.8) is 0 Å². The van der Waals surface area contributed by atoms with Crippen molar-refractivity contribution < 1.29 is 0 Å². The first-order chi connectivity index (χ1) is 8.74. The SMILES string of the molecule is CN1CCCC1CNC1CCc2cc(N)ccc21. The fraction of sp³-hybridized carbons (Fsp3) is 0.600. The second-order valence-corrected chi connectivity index (χ2v) is 5.73. The first-order valence-corrected chi connectivity index (χ1v) is 7.06. The van der Waals surface area contributed by atoms with Crippen LogP contribution in [0, 0.1) is 0 Å². The van der Waals surface area contributed by atoms with Crippen molar-refractivity contribution in [2.24, 2.45) is 0 Å². The third kappa shape index (κ3) is 2.25. The zero-order valence-electron chi connectivity index (χ0n) is 11.2. The number of fused-ring (bicyclic) bond motifs is 1. The molecule has 1 saturated heterocycles. The lowest BCUT2D eigenvalue weighted by Gasteiger charge is -2.22. The van der Waals surface area contributed by atoms with E-state index in [1.807, 2.05) is 6.07 Å². The molecule has 3 heteroatoms. The summed E-state index contributed by atoms with van der Waals surface area (Å²) in [6, 6.07) is 7.63. The first-order valence-electron chi connectivity index (χ1n) is 7.06. The molecule has 1 aromatic rings. The van der Waals surface area contributed by atoms with Crippen LogP contribution in [0.3, 0.4) is 0 Å². The summed E-state index contributed by atoms with van der Waals surface area (Å²) in [7, 11) is 2.24. The Bertz CT molecular complexity index is 430. The smallest absolute Gasteiger partial charge is 0.0326 e. The van der Waals surface area contributed by atoms with Crippen molar-refractivity contribution in [2.75, 3.05) is 25.9 Å². The zero-order valence-corrected chi connectivity index (χ0v) is 11.2. The minimum absolute atomic E-state index is 0.537. The van der Waals surface area contributed by atoms with Crippen molar-refractivity contribution in [3.8, 4) is 0 Å². The number of nitrogens with two attached hydrogens (primary N) is 1. The molecule has 2 atom stereocenters. The monoisotopic (exact) mass is 245 g/mol. The first kappa shape index (κ1) is 12.0. The van der Waals surface area contributed by atoms with E-state index in [0.29, 0.717) is 6.04 Å². The topological polar surface area (TPSA) is 41.3 Å². The maximum atomic E-state index is 5.84. The van der Waals surface area contributed by atoms with Gasteiger partial charge in [0.25, 0.3) is 0 Å². The van der Waals surface area contributed by atoms with Crippen LogP contribution >= 0.6 is 0 Å². The summed E-state index contributed by atoms with van der Waals surface area (Å²) < 4.78 is 0. The highest BCUT2D eigenvalue weighted by atomic mass is 15.2. The van der Waals surface area contributed by atoms with Gasteiger partial charge < -0.3 is 16.0 Å². The van der Waals surface area contributed by atoms with Crippen LogP contribution in [0.2, 0.25) is 0 Å². The third-order valence-corrected chi connectivity index (χ3v) is 4.52. The summed E-state index contributed by atoms with van der Waals surface area (Å²) in [6.45, 7) is 2.37. The number of likely N-dealkylation sites (tertiary alicyclic amines) is 1. The molecule has 3 nitrogen and oxygen atoms in total. The highest BCUT2D eigenvalue weighted by Crippen LogP contribution is 2.32. The van der Waals surface area contributed by atoms with E-state index < -0.39 is 0 Å². The summed E-state index contributed by atoms with van der Waals surface area (Å²) >= 11 is 0. The van der Waals surface area contributed by atoms with E-state index in [4.69, 9.17) is 5.73 Å². The van der Waals surface area contributed by atoms with Gasteiger partial charge in [0.1, 0.15) is 0 Å². The quantitative estimate of drug-likeness (QED) is 0.800. The van der Waals surface area contributed by atoms with Gasteiger partial charge in [0.15, 0.2) is 0 Å². The second-order valence-electron chi connectivity index (χ2n) is 5.73. The van der Waals surface area contributed by atoms with Gasteiger partial charge in [-0.05, 0) is 62.5 Å². The molecular formula is C15H23N3. The minimum atomic E-state index is 0.537. The van der Waals surface area contributed by atoms with E-state index in [2.05, 4.69) is 29.4 Å². The highest BCUT2D eigenvalue weighted by molar-refractivity contribution is 5.47. The van der Waals surface area contributed by atoms with Gasteiger partial charge in [0.05, 0.1) is 0 Å². The Morgan fingerprint density at radius 1 is 1.39 bits per heavy atom. The van der Waals surface area contributed by atoms with Crippen molar-refractivity contribution in [1.29, 1.82) is 0 Å². The van der Waals surface area contributed by atoms with Crippen molar-refractivity contribution in [3.05, 3.63) is 29.3 Å². The van der Waals surface area contributed by atoms with Crippen molar-refractivity contribution >= 4 is 5.69 Å². The Balaban J connectivity index is 1.62. The van der Waals surface area contributed by atoms with Crippen molar-refractivity contribution in [1.82, 2.24) is 10.2 Å². The third-order valence-electron chi connectivity index (χ3n) is 4.52. The number of nitrogen functional groups attached to an aromatic ring is 1. The number of hydrogen-bond donors (Lipinski definition) is 2. The molecular weight excluding hydrogens is 222 g/mol. The number of hydrogen-bond acceptors (Lipinski definition) is 3. The molecule has 3 N–H and O–H groups in total. The van der Waals surface area contributed by atoms with E-state index in [-0.39, 0.29) is 0 Å². The molecule has 3 rings (SSSR count). The Morgan fingerprint density at radius 2 is 2.28 bits per heavy atom. The molecule has 0 saturated carbocycles. The average Bonchev–Trinajstić information content (AvgIpc) is 2.93. The molecule has 0 bridgehead atoms. The number of nitrogens with one attached hydrogen (secondary N) is 1. The number of aryl methyl sites for hydroxylation is 1. The standard InChI is InChI=1S/C15H23N3/c1-18-8-2-3-13(18)10-17-15-7-4-11-9-12(16)5-6-14(11)15/h5-6,9,13,15,17H,2-4,7-8,10,16H2,1H3. The maximum absolute atomic E-state index is 5.84. The van der Waals surface area contributed by atoms with Crippen LogP contribution < -0.4 is 11.1 Å².